The minimum absolute atomic E-state index is 0.170. The Morgan fingerprint density at radius 1 is 1.05 bits per heavy atom. The third-order valence-electron chi connectivity index (χ3n) is 3.13. The number of rotatable bonds is 3. The zero-order chi connectivity index (χ0) is 15.7. The smallest absolute Gasteiger partial charge is 0.455 e. The highest BCUT2D eigenvalue weighted by Crippen LogP contribution is 2.45. The third kappa shape index (κ3) is 3.04. The number of benzene rings is 1. The van der Waals surface area contributed by atoms with E-state index in [1.165, 1.54) is 12.1 Å². The zero-order valence-electron chi connectivity index (χ0n) is 11.1. The number of nitrogens with one attached hydrogen (secondary N) is 1. The van der Waals surface area contributed by atoms with Crippen LogP contribution >= 0.6 is 0 Å². The lowest BCUT2D eigenvalue weighted by Gasteiger charge is -2.29. The van der Waals surface area contributed by atoms with E-state index in [-0.39, 0.29) is 11.3 Å². The van der Waals surface area contributed by atoms with E-state index < -0.39 is 18.1 Å². The van der Waals surface area contributed by atoms with Gasteiger partial charge in [0.05, 0.1) is 13.2 Å². The Hall–Kier alpha value is -1.57. The molecule has 3 nitrogen and oxygen atoms in total. The molecule has 1 N–H and O–H groups in total. The molecule has 1 aliphatic heterocycles. The number of fused-ring (bicyclic) bond motifs is 1. The van der Waals surface area contributed by atoms with Gasteiger partial charge >= 0.3 is 12.1 Å². The van der Waals surface area contributed by atoms with Crippen molar-refractivity contribution in [3.8, 4) is 11.5 Å². The quantitative estimate of drug-likeness (QED) is 0.869. The van der Waals surface area contributed by atoms with E-state index in [0.29, 0.717) is 25.4 Å². The van der Waals surface area contributed by atoms with Crippen LogP contribution in [-0.4, -0.2) is 32.4 Å². The van der Waals surface area contributed by atoms with Crippen LogP contribution in [0.5, 0.6) is 11.5 Å². The van der Waals surface area contributed by atoms with E-state index in [4.69, 9.17) is 9.47 Å². The van der Waals surface area contributed by atoms with Crippen LogP contribution in [0.3, 0.4) is 0 Å². The van der Waals surface area contributed by atoms with Gasteiger partial charge in [-0.3, -0.25) is 0 Å². The molecule has 118 valence electrons. The fraction of sp³-hybridized carbons (Fsp3) is 0.538. The molecule has 0 radical (unpaired) electrons. The van der Waals surface area contributed by atoms with Gasteiger partial charge in [-0.15, -0.1) is 0 Å². The van der Waals surface area contributed by atoms with Gasteiger partial charge in [-0.25, -0.2) is 0 Å². The summed E-state index contributed by atoms with van der Waals surface area (Å²) in [5.41, 5.74) is -0.218. The number of hydrogen-bond acceptors (Lipinski definition) is 3. The largest absolute Gasteiger partial charge is 0.490 e. The van der Waals surface area contributed by atoms with Gasteiger partial charge in [0.15, 0.2) is 11.5 Å². The van der Waals surface area contributed by atoms with Gasteiger partial charge in [0.1, 0.15) is 6.04 Å². The molecule has 1 atom stereocenters. The molecule has 1 aromatic rings. The molecule has 0 aliphatic carbocycles. The fourth-order valence-corrected chi connectivity index (χ4v) is 2.08. The molecule has 1 aliphatic rings. The Kier molecular flexibility index (Phi) is 4.27. The van der Waals surface area contributed by atoms with E-state index in [9.17, 15) is 22.0 Å². The van der Waals surface area contributed by atoms with Crippen molar-refractivity contribution in [3.05, 3.63) is 23.8 Å². The topological polar surface area (TPSA) is 30.5 Å². The second-order valence-electron chi connectivity index (χ2n) is 4.60. The Morgan fingerprint density at radius 3 is 2.24 bits per heavy atom. The van der Waals surface area contributed by atoms with E-state index in [0.717, 1.165) is 13.1 Å². The van der Waals surface area contributed by atoms with Gasteiger partial charge in [-0.2, -0.15) is 22.0 Å². The first-order chi connectivity index (χ1) is 9.77. The maximum atomic E-state index is 13.5. The lowest BCUT2D eigenvalue weighted by atomic mass is 9.99. The molecular formula is C13H14F5NO2. The standard InChI is InChI=1S/C13H14F5NO2/c1-19-11(12(14,15)13(16,17)18)8-3-4-9-10(7-8)21-6-2-5-20-9/h3-4,7,11,19H,2,5-6H2,1H3. The highest BCUT2D eigenvalue weighted by atomic mass is 19.4. The van der Waals surface area contributed by atoms with Crippen molar-refractivity contribution in [3.63, 3.8) is 0 Å². The van der Waals surface area contributed by atoms with Gasteiger partial charge < -0.3 is 14.8 Å². The first-order valence-corrected chi connectivity index (χ1v) is 6.28. The van der Waals surface area contributed by atoms with Crippen LogP contribution in [-0.2, 0) is 0 Å². The van der Waals surface area contributed by atoms with Crippen molar-refractivity contribution in [2.45, 2.75) is 24.6 Å². The van der Waals surface area contributed by atoms with Crippen molar-refractivity contribution in [2.24, 2.45) is 0 Å². The number of alkyl halides is 5. The molecular weight excluding hydrogens is 297 g/mol. The minimum atomic E-state index is -5.65. The molecule has 0 amide bonds. The second-order valence-corrected chi connectivity index (χ2v) is 4.60. The summed E-state index contributed by atoms with van der Waals surface area (Å²) in [4.78, 5) is 0. The summed E-state index contributed by atoms with van der Waals surface area (Å²) >= 11 is 0. The summed E-state index contributed by atoms with van der Waals surface area (Å²) < 4.78 is 75.2. The van der Waals surface area contributed by atoms with E-state index in [1.54, 1.807) is 0 Å². The van der Waals surface area contributed by atoms with Crippen LogP contribution in [0.2, 0.25) is 0 Å². The predicted octanol–water partition coefficient (Wildman–Crippen LogP) is 3.31. The number of ether oxygens (including phenoxy) is 2. The van der Waals surface area contributed by atoms with E-state index >= 15 is 0 Å². The first-order valence-electron chi connectivity index (χ1n) is 6.28. The summed E-state index contributed by atoms with van der Waals surface area (Å²) in [5, 5.41) is 2.02. The number of halogens is 5. The highest BCUT2D eigenvalue weighted by Gasteiger charge is 2.62. The minimum Gasteiger partial charge on any atom is -0.490 e. The molecule has 21 heavy (non-hydrogen) atoms. The van der Waals surface area contributed by atoms with Crippen molar-refractivity contribution in [1.29, 1.82) is 0 Å². The Labute approximate surface area is 118 Å². The maximum Gasteiger partial charge on any atom is 0.455 e. The molecule has 0 fully saturated rings. The van der Waals surface area contributed by atoms with Gasteiger partial charge in [0, 0.05) is 6.42 Å². The summed E-state index contributed by atoms with van der Waals surface area (Å²) in [6.07, 6.45) is -5.04. The molecule has 0 aromatic heterocycles. The molecule has 0 saturated carbocycles. The molecule has 0 bridgehead atoms. The summed E-state index contributed by atoms with van der Waals surface area (Å²) in [6, 6.07) is 1.47. The molecule has 1 aromatic carbocycles. The van der Waals surface area contributed by atoms with Gasteiger partial charge in [-0.05, 0) is 24.7 Å². The average Bonchev–Trinajstić information content (AvgIpc) is 2.62. The molecule has 0 spiro atoms. The van der Waals surface area contributed by atoms with Crippen LogP contribution in [0, 0.1) is 0 Å². The van der Waals surface area contributed by atoms with Gasteiger partial charge in [0.25, 0.3) is 0 Å². The lowest BCUT2D eigenvalue weighted by molar-refractivity contribution is -0.293. The summed E-state index contributed by atoms with van der Waals surface area (Å²) in [6.45, 7) is 0.719. The lowest BCUT2D eigenvalue weighted by Crippen LogP contribution is -2.47. The van der Waals surface area contributed by atoms with E-state index in [2.05, 4.69) is 0 Å². The first kappa shape index (κ1) is 15.8. The van der Waals surface area contributed by atoms with E-state index in [1.807, 2.05) is 5.32 Å². The van der Waals surface area contributed by atoms with Crippen molar-refractivity contribution in [1.82, 2.24) is 5.32 Å². The van der Waals surface area contributed by atoms with Crippen molar-refractivity contribution >= 4 is 0 Å². The Morgan fingerprint density at radius 2 is 1.67 bits per heavy atom. The van der Waals surface area contributed by atoms with Crippen LogP contribution < -0.4 is 14.8 Å². The van der Waals surface area contributed by atoms with Gasteiger partial charge in [0.2, 0.25) is 0 Å². The summed E-state index contributed by atoms with van der Waals surface area (Å²) in [7, 11) is 1.05. The predicted molar refractivity (Wildman–Crippen MR) is 64.9 cm³/mol. The van der Waals surface area contributed by atoms with Crippen molar-refractivity contribution < 1.29 is 31.4 Å². The third-order valence-corrected chi connectivity index (χ3v) is 3.13. The number of hydrogen-bond donors (Lipinski definition) is 1. The highest BCUT2D eigenvalue weighted by molar-refractivity contribution is 5.44. The Balaban J connectivity index is 2.37. The second kappa shape index (κ2) is 5.67. The summed E-state index contributed by atoms with van der Waals surface area (Å²) in [5.74, 6) is -4.40. The van der Waals surface area contributed by atoms with Crippen molar-refractivity contribution in [2.75, 3.05) is 20.3 Å². The zero-order valence-corrected chi connectivity index (χ0v) is 11.1. The Bertz CT molecular complexity index is 504. The van der Waals surface area contributed by atoms with Gasteiger partial charge in [-0.1, -0.05) is 6.07 Å². The molecule has 2 rings (SSSR count). The monoisotopic (exact) mass is 311 g/mol. The molecule has 8 heteroatoms. The van der Waals surface area contributed by atoms with Crippen LogP contribution in [0.1, 0.15) is 18.0 Å². The fourth-order valence-electron chi connectivity index (χ4n) is 2.08. The SMILES string of the molecule is CNC(c1ccc2c(c1)OCCCO2)C(F)(F)C(F)(F)F. The van der Waals surface area contributed by atoms with Crippen LogP contribution in [0.15, 0.2) is 18.2 Å². The molecule has 0 saturated heterocycles. The normalized spacial score (nSPS) is 17.2. The molecule has 1 heterocycles. The van der Waals surface area contributed by atoms with Crippen LogP contribution in [0.4, 0.5) is 22.0 Å². The molecule has 1 unspecified atom stereocenters. The maximum absolute atomic E-state index is 13.5. The van der Waals surface area contributed by atoms with Crippen LogP contribution in [0.25, 0.3) is 0 Å². The average molecular weight is 311 g/mol.